The largest absolute Gasteiger partial charge is 0.467 e. The first-order chi connectivity index (χ1) is 10.2. The fraction of sp³-hybridized carbons (Fsp3) is 0.462. The van der Waals surface area contributed by atoms with Crippen LogP contribution in [-0.4, -0.2) is 35.2 Å². The highest BCUT2D eigenvalue weighted by Gasteiger charge is 2.06. The number of methoxy groups -OCH3 is 1. The predicted molar refractivity (Wildman–Crippen MR) is 86.7 cm³/mol. The Morgan fingerprint density at radius 1 is 1.14 bits per heavy atom. The van der Waals surface area contributed by atoms with Gasteiger partial charge in [0.25, 0.3) is 0 Å². The maximum atomic E-state index is 5.91. The molecule has 0 aliphatic heterocycles. The van der Waals surface area contributed by atoms with Crippen molar-refractivity contribution in [2.45, 2.75) is 19.8 Å². The van der Waals surface area contributed by atoms with E-state index in [9.17, 15) is 0 Å². The third-order valence-corrected chi connectivity index (χ3v) is 3.90. The summed E-state index contributed by atoms with van der Waals surface area (Å²) >= 11 is 7.49. The van der Waals surface area contributed by atoms with Crippen molar-refractivity contribution in [3.63, 3.8) is 0 Å². The number of halogens is 1. The summed E-state index contributed by atoms with van der Waals surface area (Å²) < 4.78 is 5.89. The van der Waals surface area contributed by atoms with Gasteiger partial charge in [-0.3, -0.25) is 0 Å². The van der Waals surface area contributed by atoms with Gasteiger partial charge in [0.1, 0.15) is 0 Å². The summed E-state index contributed by atoms with van der Waals surface area (Å²) in [6.07, 6.45) is 1.86. The Balaban J connectivity index is 1.94. The Labute approximate surface area is 132 Å². The van der Waals surface area contributed by atoms with Crippen LogP contribution in [0.1, 0.15) is 18.2 Å². The maximum absolute atomic E-state index is 5.91. The van der Waals surface area contributed by atoms with Gasteiger partial charge >= 0.3 is 6.01 Å². The molecule has 114 valence electrons. The molecule has 0 aliphatic carbocycles. The average Bonchev–Trinajstić information content (AvgIpc) is 2.90. The molecule has 2 aromatic rings. The van der Waals surface area contributed by atoms with Gasteiger partial charge in [-0.25, -0.2) is 0 Å². The van der Waals surface area contributed by atoms with Crippen LogP contribution < -0.4 is 15.4 Å². The minimum absolute atomic E-state index is 0.297. The first-order valence-electron chi connectivity index (χ1n) is 6.73. The van der Waals surface area contributed by atoms with Gasteiger partial charge in [0.15, 0.2) is 0 Å². The van der Waals surface area contributed by atoms with E-state index in [1.807, 2.05) is 12.1 Å². The molecule has 0 radical (unpaired) electrons. The second kappa shape index (κ2) is 7.99. The smallest absolute Gasteiger partial charge is 0.322 e. The average molecular weight is 328 g/mol. The molecule has 0 aromatic carbocycles. The van der Waals surface area contributed by atoms with Crippen molar-refractivity contribution in [3.05, 3.63) is 21.3 Å². The van der Waals surface area contributed by atoms with Crippen LogP contribution in [0.2, 0.25) is 4.34 Å². The van der Waals surface area contributed by atoms with E-state index in [0.29, 0.717) is 17.9 Å². The summed E-state index contributed by atoms with van der Waals surface area (Å²) in [6, 6.07) is 4.22. The van der Waals surface area contributed by atoms with E-state index in [2.05, 4.69) is 32.5 Å². The predicted octanol–water partition coefficient (Wildman–Crippen LogP) is 3.07. The summed E-state index contributed by atoms with van der Waals surface area (Å²) in [5, 5.41) is 6.30. The third kappa shape index (κ3) is 5.02. The van der Waals surface area contributed by atoms with Crippen LogP contribution in [0.25, 0.3) is 0 Å². The van der Waals surface area contributed by atoms with Crippen LogP contribution >= 0.6 is 22.9 Å². The molecule has 0 amide bonds. The Morgan fingerprint density at radius 2 is 1.86 bits per heavy atom. The molecule has 2 rings (SSSR count). The number of ether oxygens (including phenoxy) is 1. The number of nitrogens with zero attached hydrogens (tertiary/aromatic N) is 3. The Hall–Kier alpha value is -1.60. The lowest BCUT2D eigenvalue weighted by molar-refractivity contribution is 0.379. The zero-order valence-electron chi connectivity index (χ0n) is 12.0. The van der Waals surface area contributed by atoms with Gasteiger partial charge in [-0.05, 0) is 25.0 Å². The fourth-order valence-electron chi connectivity index (χ4n) is 1.63. The quantitative estimate of drug-likeness (QED) is 0.776. The van der Waals surface area contributed by atoms with Crippen molar-refractivity contribution in [3.8, 4) is 6.01 Å². The first-order valence-corrected chi connectivity index (χ1v) is 7.92. The number of anilines is 2. The molecule has 0 bridgehead atoms. The van der Waals surface area contributed by atoms with Gasteiger partial charge in [-0.2, -0.15) is 15.0 Å². The first kappa shape index (κ1) is 15.8. The highest BCUT2D eigenvalue weighted by Crippen LogP contribution is 2.21. The number of rotatable bonds is 8. The molecule has 2 aromatic heterocycles. The minimum atomic E-state index is 0.297. The van der Waals surface area contributed by atoms with Gasteiger partial charge in [-0.1, -0.05) is 18.5 Å². The van der Waals surface area contributed by atoms with Crippen molar-refractivity contribution >= 4 is 34.8 Å². The van der Waals surface area contributed by atoms with Gasteiger partial charge in [0.2, 0.25) is 11.9 Å². The zero-order chi connectivity index (χ0) is 15.1. The molecule has 0 saturated heterocycles. The van der Waals surface area contributed by atoms with E-state index < -0.39 is 0 Å². The lowest BCUT2D eigenvalue weighted by atomic mass is 10.3. The second-order valence-electron chi connectivity index (χ2n) is 4.28. The number of hydrogen-bond acceptors (Lipinski definition) is 7. The molecule has 8 heteroatoms. The molecule has 6 nitrogen and oxygen atoms in total. The Morgan fingerprint density at radius 3 is 2.43 bits per heavy atom. The number of hydrogen-bond donors (Lipinski definition) is 2. The SMILES string of the molecule is CCCNc1nc(NCCc2ccc(Cl)s2)nc(OC)n1. The molecule has 2 heterocycles. The van der Waals surface area contributed by atoms with Crippen molar-refractivity contribution in [1.82, 2.24) is 15.0 Å². The van der Waals surface area contributed by atoms with Crippen molar-refractivity contribution in [2.75, 3.05) is 30.8 Å². The fourth-order valence-corrected chi connectivity index (χ4v) is 2.71. The number of aromatic nitrogens is 3. The normalized spacial score (nSPS) is 10.4. The highest BCUT2D eigenvalue weighted by molar-refractivity contribution is 7.16. The molecular formula is C13H18ClN5OS. The zero-order valence-corrected chi connectivity index (χ0v) is 13.6. The molecule has 0 atom stereocenters. The maximum Gasteiger partial charge on any atom is 0.322 e. The van der Waals surface area contributed by atoms with Crippen LogP contribution in [-0.2, 0) is 6.42 Å². The summed E-state index contributed by atoms with van der Waals surface area (Å²) in [7, 11) is 1.54. The van der Waals surface area contributed by atoms with E-state index in [1.54, 1.807) is 11.3 Å². The van der Waals surface area contributed by atoms with Crippen molar-refractivity contribution in [2.24, 2.45) is 0 Å². The van der Waals surface area contributed by atoms with Crippen molar-refractivity contribution in [1.29, 1.82) is 0 Å². The summed E-state index contributed by atoms with van der Waals surface area (Å²) in [6.45, 7) is 3.61. The summed E-state index contributed by atoms with van der Waals surface area (Å²) in [5.41, 5.74) is 0. The molecule has 0 fully saturated rings. The number of nitrogens with one attached hydrogen (secondary N) is 2. The lowest BCUT2D eigenvalue weighted by Crippen LogP contribution is -2.12. The lowest BCUT2D eigenvalue weighted by Gasteiger charge is -2.08. The van der Waals surface area contributed by atoms with Gasteiger partial charge in [-0.15, -0.1) is 11.3 Å². The number of thiophene rings is 1. The summed E-state index contributed by atoms with van der Waals surface area (Å²) in [5.74, 6) is 1.02. The Bertz CT molecular complexity index is 577. The molecule has 0 spiro atoms. The van der Waals surface area contributed by atoms with Crippen LogP contribution in [0, 0.1) is 0 Å². The van der Waals surface area contributed by atoms with Crippen LogP contribution in [0.5, 0.6) is 6.01 Å². The van der Waals surface area contributed by atoms with Gasteiger partial charge in [0, 0.05) is 18.0 Å². The molecule has 0 unspecified atom stereocenters. The highest BCUT2D eigenvalue weighted by atomic mass is 35.5. The van der Waals surface area contributed by atoms with E-state index in [1.165, 1.54) is 12.0 Å². The topological polar surface area (TPSA) is 72.0 Å². The van der Waals surface area contributed by atoms with Crippen LogP contribution in [0.3, 0.4) is 0 Å². The van der Waals surface area contributed by atoms with Crippen molar-refractivity contribution < 1.29 is 4.74 Å². The Kier molecular flexibility index (Phi) is 6.01. The standard InChI is InChI=1S/C13H18ClN5OS/c1-3-7-15-11-17-12(19-13(18-11)20-2)16-8-6-9-4-5-10(14)21-9/h4-5H,3,6-8H2,1-2H3,(H2,15,16,17,18,19). The summed E-state index contributed by atoms with van der Waals surface area (Å²) in [4.78, 5) is 13.9. The van der Waals surface area contributed by atoms with Gasteiger partial charge in [0.05, 0.1) is 11.4 Å². The molecule has 0 saturated carbocycles. The minimum Gasteiger partial charge on any atom is -0.467 e. The van der Waals surface area contributed by atoms with E-state index in [-0.39, 0.29) is 0 Å². The third-order valence-electron chi connectivity index (χ3n) is 2.61. The van der Waals surface area contributed by atoms with Gasteiger partial charge < -0.3 is 15.4 Å². The molecule has 21 heavy (non-hydrogen) atoms. The molecule has 2 N–H and O–H groups in total. The van der Waals surface area contributed by atoms with E-state index >= 15 is 0 Å². The van der Waals surface area contributed by atoms with Crippen LogP contribution in [0.15, 0.2) is 12.1 Å². The van der Waals surface area contributed by atoms with E-state index in [4.69, 9.17) is 16.3 Å². The molecule has 0 aliphatic rings. The van der Waals surface area contributed by atoms with E-state index in [0.717, 1.165) is 30.3 Å². The molecular weight excluding hydrogens is 310 g/mol. The second-order valence-corrected chi connectivity index (χ2v) is 6.08. The van der Waals surface area contributed by atoms with Crippen LogP contribution in [0.4, 0.5) is 11.9 Å². The monoisotopic (exact) mass is 327 g/mol.